The third kappa shape index (κ3) is 3.66. The van der Waals surface area contributed by atoms with Crippen molar-refractivity contribution < 1.29 is 32.9 Å². The first kappa shape index (κ1) is 25.9. The van der Waals surface area contributed by atoms with Crippen LogP contribution in [-0.4, -0.2) is 69.8 Å². The number of phenols is 1. The van der Waals surface area contributed by atoms with E-state index in [0.717, 1.165) is 36.3 Å². The van der Waals surface area contributed by atoms with Gasteiger partial charge in [0.1, 0.15) is 6.10 Å². The Kier molecular flexibility index (Phi) is 5.65. The molecule has 6 nitrogen and oxygen atoms in total. The Labute approximate surface area is 231 Å². The maximum absolute atomic E-state index is 13.4. The van der Waals surface area contributed by atoms with Crippen molar-refractivity contribution in [1.82, 2.24) is 9.80 Å². The Morgan fingerprint density at radius 2 is 2.00 bits per heavy atom. The van der Waals surface area contributed by atoms with Gasteiger partial charge < -0.3 is 19.8 Å². The largest absolute Gasteiger partial charge is 0.504 e. The highest BCUT2D eigenvalue weighted by Crippen LogP contribution is 2.66. The van der Waals surface area contributed by atoms with Crippen molar-refractivity contribution in [2.75, 3.05) is 20.1 Å². The Bertz CT molecular complexity index is 1410. The highest BCUT2D eigenvalue weighted by Gasteiger charge is 2.73. The molecular weight excluding hydrogens is 521 g/mol. The van der Waals surface area contributed by atoms with Gasteiger partial charge in [0.05, 0.1) is 22.6 Å². The fraction of sp³-hybridized carbons (Fsp3) is 0.516. The highest BCUT2D eigenvalue weighted by atomic mass is 19.4. The second kappa shape index (κ2) is 8.73. The summed E-state index contributed by atoms with van der Waals surface area (Å²) in [7, 11) is 1.68. The first-order valence-electron chi connectivity index (χ1n) is 14.1. The normalized spacial score (nSPS) is 32.6. The molecule has 0 aromatic heterocycles. The number of likely N-dealkylation sites (tertiary alicyclic amines) is 1. The molecular formula is C31H33F3N2O4. The van der Waals surface area contributed by atoms with E-state index in [0.29, 0.717) is 37.4 Å². The van der Waals surface area contributed by atoms with E-state index >= 15 is 0 Å². The topological polar surface area (TPSA) is 73.2 Å². The zero-order chi connectivity index (χ0) is 28.0. The van der Waals surface area contributed by atoms with Gasteiger partial charge in [0.25, 0.3) is 0 Å². The molecule has 2 heterocycles. The van der Waals surface area contributed by atoms with Crippen molar-refractivity contribution >= 4 is 12.0 Å². The number of nitrogens with zero attached hydrogens (tertiary/aromatic N) is 2. The number of hydrogen-bond donors (Lipinski definition) is 2. The fourth-order valence-electron chi connectivity index (χ4n) is 8.12. The number of halogens is 3. The fourth-order valence-corrected chi connectivity index (χ4v) is 8.12. The minimum atomic E-state index is -4.46. The monoisotopic (exact) mass is 554 g/mol. The molecule has 0 radical (unpaired) electrons. The predicted molar refractivity (Wildman–Crippen MR) is 142 cm³/mol. The molecule has 5 atom stereocenters. The first-order chi connectivity index (χ1) is 19.0. The van der Waals surface area contributed by atoms with E-state index in [1.54, 1.807) is 18.0 Å². The molecule has 2 aromatic carbocycles. The second-order valence-corrected chi connectivity index (χ2v) is 12.3. The van der Waals surface area contributed by atoms with Crippen LogP contribution in [0, 0.1) is 5.92 Å². The van der Waals surface area contributed by atoms with Gasteiger partial charge in [0.15, 0.2) is 11.5 Å². The molecule has 212 valence electrons. The lowest BCUT2D eigenvalue weighted by Gasteiger charge is -2.64. The molecule has 40 heavy (non-hydrogen) atoms. The van der Waals surface area contributed by atoms with Crippen molar-refractivity contribution in [2.45, 2.75) is 73.9 Å². The number of aliphatic hydroxyl groups is 1. The van der Waals surface area contributed by atoms with Crippen molar-refractivity contribution in [1.29, 1.82) is 0 Å². The number of likely N-dealkylation sites (N-methyl/N-ethyl adjacent to an activating group) is 1. The number of piperidine rings is 1. The zero-order valence-electron chi connectivity index (χ0n) is 22.3. The predicted octanol–water partition coefficient (Wildman–Crippen LogP) is 4.52. The van der Waals surface area contributed by atoms with E-state index in [1.165, 1.54) is 37.1 Å². The third-order valence-corrected chi connectivity index (χ3v) is 10.2. The van der Waals surface area contributed by atoms with Crippen LogP contribution in [0.1, 0.15) is 54.4 Å². The standard InChI is InChI=1S/C31H33F3N2O4/c1-35(25(38)10-7-18-3-2-4-21(15-18)31(32,33)34)22-11-12-30(39)24-16-20-8-9-23(37)27-26(20)29(30,28(22)40-27)13-14-36(24)17-19-5-6-19/h2-4,7-10,15,19,22,24,28,37,39H,5-6,11-14,16-17H2,1H3/b10-7+/t22?,24-,28?,29-,30?/m0/s1. The average Bonchev–Trinajstić information content (AvgIpc) is 3.66. The minimum Gasteiger partial charge on any atom is -0.504 e. The van der Waals surface area contributed by atoms with Gasteiger partial charge in [-0.15, -0.1) is 0 Å². The number of phenolic OH excluding ortho intramolecular Hbond substituents is 1. The number of ether oxygens (including phenoxy) is 1. The Morgan fingerprint density at radius 1 is 1.20 bits per heavy atom. The van der Waals surface area contributed by atoms with Crippen molar-refractivity contribution in [3.63, 3.8) is 0 Å². The number of rotatable bonds is 5. The molecule has 2 aromatic rings. The van der Waals surface area contributed by atoms with Crippen LogP contribution in [0.15, 0.2) is 42.5 Å². The van der Waals surface area contributed by atoms with Gasteiger partial charge in [-0.05, 0) is 86.4 Å². The summed E-state index contributed by atoms with van der Waals surface area (Å²) in [6, 6.07) is 8.03. The van der Waals surface area contributed by atoms with Crippen molar-refractivity contribution in [3.8, 4) is 11.5 Å². The summed E-state index contributed by atoms with van der Waals surface area (Å²) in [4.78, 5) is 17.4. The molecule has 9 heteroatoms. The van der Waals surface area contributed by atoms with Crippen LogP contribution < -0.4 is 4.74 Å². The number of benzene rings is 2. The molecule has 2 bridgehead atoms. The molecule has 7 rings (SSSR count). The van der Waals surface area contributed by atoms with Gasteiger partial charge in [0.2, 0.25) is 5.91 Å². The summed E-state index contributed by atoms with van der Waals surface area (Å²) in [6.45, 7) is 1.80. The summed E-state index contributed by atoms with van der Waals surface area (Å²) in [6.07, 6.45) is 2.51. The Balaban J connectivity index is 1.21. The number of aromatic hydroxyl groups is 1. The maximum Gasteiger partial charge on any atom is 0.416 e. The summed E-state index contributed by atoms with van der Waals surface area (Å²) in [5.41, 5.74) is -0.303. The van der Waals surface area contributed by atoms with E-state index in [1.807, 2.05) is 6.07 Å². The number of carbonyl (C=O) groups excluding carboxylic acids is 1. The van der Waals surface area contributed by atoms with Crippen LogP contribution in [0.4, 0.5) is 13.2 Å². The van der Waals surface area contributed by atoms with Crippen LogP contribution in [-0.2, 0) is 22.8 Å². The Morgan fingerprint density at radius 3 is 2.75 bits per heavy atom. The average molecular weight is 555 g/mol. The SMILES string of the molecule is CN(C(=O)/C=C/c1cccc(C(F)(F)F)c1)C1CCC2(O)[C@@H]3Cc4ccc(O)c5c4[C@@]2(CCN3CC2CC2)C1O5. The van der Waals surface area contributed by atoms with Crippen LogP contribution >= 0.6 is 0 Å². The van der Waals surface area contributed by atoms with E-state index in [2.05, 4.69) is 4.90 Å². The highest BCUT2D eigenvalue weighted by molar-refractivity contribution is 5.92. The van der Waals surface area contributed by atoms with Crippen LogP contribution in [0.2, 0.25) is 0 Å². The molecule has 1 spiro atoms. The number of alkyl halides is 3. The van der Waals surface area contributed by atoms with Gasteiger partial charge in [-0.3, -0.25) is 9.69 Å². The summed E-state index contributed by atoms with van der Waals surface area (Å²) in [5.74, 6) is 0.795. The van der Waals surface area contributed by atoms with Crippen molar-refractivity contribution in [3.05, 3.63) is 64.7 Å². The zero-order valence-corrected chi connectivity index (χ0v) is 22.3. The van der Waals surface area contributed by atoms with Gasteiger partial charge in [-0.2, -0.15) is 13.2 Å². The Hall–Kier alpha value is -3.04. The lowest BCUT2D eigenvalue weighted by atomic mass is 9.48. The third-order valence-electron chi connectivity index (χ3n) is 10.2. The van der Waals surface area contributed by atoms with E-state index in [9.17, 15) is 28.2 Å². The van der Waals surface area contributed by atoms with Gasteiger partial charge in [0, 0.05) is 31.3 Å². The van der Waals surface area contributed by atoms with Gasteiger partial charge >= 0.3 is 6.18 Å². The van der Waals surface area contributed by atoms with E-state index in [-0.39, 0.29) is 29.3 Å². The summed E-state index contributed by atoms with van der Waals surface area (Å²) in [5, 5.41) is 23.4. The maximum atomic E-state index is 13.4. The molecule has 3 unspecified atom stereocenters. The molecule has 3 fully saturated rings. The number of carbonyl (C=O) groups is 1. The quantitative estimate of drug-likeness (QED) is 0.532. The minimum absolute atomic E-state index is 0.0425. The number of hydrogen-bond acceptors (Lipinski definition) is 5. The molecule has 3 aliphatic carbocycles. The van der Waals surface area contributed by atoms with Gasteiger partial charge in [-0.1, -0.05) is 18.2 Å². The number of amides is 1. The molecule has 2 saturated carbocycles. The second-order valence-electron chi connectivity index (χ2n) is 12.3. The van der Waals surface area contributed by atoms with Crippen molar-refractivity contribution in [2.24, 2.45) is 5.92 Å². The van der Waals surface area contributed by atoms with E-state index in [4.69, 9.17) is 4.74 Å². The molecule has 1 amide bonds. The smallest absolute Gasteiger partial charge is 0.416 e. The molecule has 5 aliphatic rings. The summed E-state index contributed by atoms with van der Waals surface area (Å²) >= 11 is 0. The molecule has 1 saturated heterocycles. The lowest BCUT2D eigenvalue weighted by Crippen LogP contribution is -2.78. The summed E-state index contributed by atoms with van der Waals surface area (Å²) < 4.78 is 45.9. The van der Waals surface area contributed by atoms with Crippen LogP contribution in [0.25, 0.3) is 6.08 Å². The first-order valence-corrected chi connectivity index (χ1v) is 14.1. The van der Waals surface area contributed by atoms with E-state index < -0.39 is 28.9 Å². The molecule has 2 N–H and O–H groups in total. The van der Waals surface area contributed by atoms with Crippen LogP contribution in [0.5, 0.6) is 11.5 Å². The van der Waals surface area contributed by atoms with Gasteiger partial charge in [-0.25, -0.2) is 0 Å². The molecule has 2 aliphatic heterocycles. The van der Waals surface area contributed by atoms with Crippen LogP contribution in [0.3, 0.4) is 0 Å². The lowest BCUT2D eigenvalue weighted by molar-refractivity contribution is -0.200.